The van der Waals surface area contributed by atoms with Crippen LogP contribution in [0.5, 0.6) is 5.75 Å². The van der Waals surface area contributed by atoms with E-state index < -0.39 is 0 Å². The number of rotatable bonds is 4. The van der Waals surface area contributed by atoms with Crippen LogP contribution in [0.25, 0.3) is 10.2 Å². The van der Waals surface area contributed by atoms with Crippen LogP contribution < -0.4 is 4.74 Å². The number of benzene rings is 2. The molecule has 20 heavy (non-hydrogen) atoms. The van der Waals surface area contributed by atoms with Gasteiger partial charge in [-0.1, -0.05) is 35.5 Å². The fourth-order valence-electron chi connectivity index (χ4n) is 1.80. The van der Waals surface area contributed by atoms with E-state index >= 15 is 0 Å². The van der Waals surface area contributed by atoms with Crippen molar-refractivity contribution in [3.05, 3.63) is 53.1 Å². The Kier molecular flexibility index (Phi) is 4.15. The second kappa shape index (κ2) is 6.04. The van der Waals surface area contributed by atoms with E-state index in [2.05, 4.69) is 4.98 Å². The number of fused-ring (bicyclic) bond motifs is 1. The van der Waals surface area contributed by atoms with Crippen LogP contribution in [0.3, 0.4) is 0 Å². The molecule has 1 aromatic heterocycles. The fraction of sp³-hybridized carbons (Fsp3) is 0.133. The number of thioether (sulfide) groups is 1. The van der Waals surface area contributed by atoms with E-state index in [1.165, 1.54) is 5.56 Å². The first-order valence-electron chi connectivity index (χ1n) is 6.06. The molecule has 0 unspecified atom stereocenters. The Morgan fingerprint density at radius 2 is 2.00 bits per heavy atom. The largest absolute Gasteiger partial charge is 0.497 e. The lowest BCUT2D eigenvalue weighted by Gasteiger charge is -1.98. The van der Waals surface area contributed by atoms with E-state index in [4.69, 9.17) is 16.3 Å². The zero-order valence-electron chi connectivity index (χ0n) is 10.8. The number of methoxy groups -OCH3 is 1. The molecular weight excluding hydrogens is 310 g/mol. The fourth-order valence-corrected chi connectivity index (χ4v) is 3.98. The summed E-state index contributed by atoms with van der Waals surface area (Å²) < 4.78 is 7.46. The van der Waals surface area contributed by atoms with E-state index in [0.29, 0.717) is 0 Å². The molecule has 0 aliphatic carbocycles. The minimum atomic E-state index is 0.769. The van der Waals surface area contributed by atoms with Crippen LogP contribution in [0.15, 0.2) is 46.8 Å². The molecule has 0 saturated heterocycles. The van der Waals surface area contributed by atoms with Gasteiger partial charge >= 0.3 is 0 Å². The van der Waals surface area contributed by atoms with Crippen LogP contribution in [0.4, 0.5) is 0 Å². The van der Waals surface area contributed by atoms with Gasteiger partial charge in [-0.3, -0.25) is 0 Å². The van der Waals surface area contributed by atoms with Gasteiger partial charge in [0.05, 0.1) is 17.3 Å². The molecule has 5 heteroatoms. The minimum Gasteiger partial charge on any atom is -0.497 e. The number of hydrogen-bond donors (Lipinski definition) is 0. The molecule has 2 nitrogen and oxygen atoms in total. The molecule has 0 atom stereocenters. The summed E-state index contributed by atoms with van der Waals surface area (Å²) >= 11 is 9.32. The van der Waals surface area contributed by atoms with Crippen molar-refractivity contribution >= 4 is 44.9 Å². The Hall–Kier alpha value is -1.23. The first kappa shape index (κ1) is 13.7. The van der Waals surface area contributed by atoms with Gasteiger partial charge in [0.1, 0.15) is 5.75 Å². The maximum absolute atomic E-state index is 5.88. The van der Waals surface area contributed by atoms with Crippen LogP contribution in [0, 0.1) is 0 Å². The van der Waals surface area contributed by atoms with E-state index in [1.807, 2.05) is 42.5 Å². The van der Waals surface area contributed by atoms with Gasteiger partial charge in [-0.15, -0.1) is 11.3 Å². The van der Waals surface area contributed by atoms with Crippen molar-refractivity contribution in [1.82, 2.24) is 4.98 Å². The summed E-state index contributed by atoms with van der Waals surface area (Å²) in [6, 6.07) is 13.9. The molecule has 3 aromatic rings. The molecule has 0 amide bonds. The van der Waals surface area contributed by atoms with Crippen LogP contribution in [0.1, 0.15) is 5.56 Å². The lowest BCUT2D eigenvalue weighted by atomic mass is 10.2. The van der Waals surface area contributed by atoms with Crippen LogP contribution in [0.2, 0.25) is 5.02 Å². The summed E-state index contributed by atoms with van der Waals surface area (Å²) in [4.78, 5) is 4.62. The Morgan fingerprint density at radius 1 is 1.20 bits per heavy atom. The van der Waals surface area contributed by atoms with E-state index in [0.717, 1.165) is 31.1 Å². The molecule has 0 bridgehead atoms. The molecule has 0 saturated carbocycles. The SMILES string of the molecule is COc1ccc2nc(SCc3ccc(Cl)cc3)sc2c1. The predicted octanol–water partition coefficient (Wildman–Crippen LogP) is 5.25. The Balaban J connectivity index is 1.75. The maximum Gasteiger partial charge on any atom is 0.151 e. The number of thiazole rings is 1. The molecule has 0 spiro atoms. The van der Waals surface area contributed by atoms with Gasteiger partial charge in [-0.2, -0.15) is 0 Å². The normalized spacial score (nSPS) is 10.9. The van der Waals surface area contributed by atoms with Gasteiger partial charge in [0.15, 0.2) is 4.34 Å². The third-order valence-corrected chi connectivity index (χ3v) is 5.34. The highest BCUT2D eigenvalue weighted by molar-refractivity contribution is 8.00. The van der Waals surface area contributed by atoms with E-state index in [-0.39, 0.29) is 0 Å². The topological polar surface area (TPSA) is 22.1 Å². The quantitative estimate of drug-likeness (QED) is 0.613. The van der Waals surface area contributed by atoms with Crippen LogP contribution >= 0.6 is 34.7 Å². The van der Waals surface area contributed by atoms with Crippen LogP contribution in [-0.2, 0) is 5.75 Å². The smallest absolute Gasteiger partial charge is 0.151 e. The van der Waals surface area contributed by atoms with Crippen molar-refractivity contribution < 1.29 is 4.74 Å². The van der Waals surface area contributed by atoms with Gasteiger partial charge in [0, 0.05) is 10.8 Å². The summed E-state index contributed by atoms with van der Waals surface area (Å²) in [5.74, 6) is 1.77. The molecule has 0 radical (unpaired) electrons. The molecule has 1 heterocycles. The molecular formula is C15H12ClNOS2. The van der Waals surface area contributed by atoms with Gasteiger partial charge in [-0.25, -0.2) is 4.98 Å². The van der Waals surface area contributed by atoms with Gasteiger partial charge in [-0.05, 0) is 35.9 Å². The molecule has 0 aliphatic heterocycles. The number of hydrogen-bond acceptors (Lipinski definition) is 4. The highest BCUT2D eigenvalue weighted by Gasteiger charge is 2.06. The Bertz CT molecular complexity index is 724. The monoisotopic (exact) mass is 321 g/mol. The summed E-state index contributed by atoms with van der Waals surface area (Å²) in [6.07, 6.45) is 0. The van der Waals surface area contributed by atoms with Gasteiger partial charge < -0.3 is 4.74 Å². The first-order valence-corrected chi connectivity index (χ1v) is 8.24. The highest BCUT2D eigenvalue weighted by atomic mass is 35.5. The van der Waals surface area contributed by atoms with Crippen molar-refractivity contribution in [2.45, 2.75) is 10.1 Å². The average Bonchev–Trinajstić information content (AvgIpc) is 2.88. The number of nitrogens with zero attached hydrogens (tertiary/aromatic N) is 1. The minimum absolute atomic E-state index is 0.769. The summed E-state index contributed by atoms with van der Waals surface area (Å²) in [5.41, 5.74) is 2.27. The summed E-state index contributed by atoms with van der Waals surface area (Å²) in [5, 5.41) is 0.769. The molecule has 2 aromatic carbocycles. The van der Waals surface area contributed by atoms with Gasteiger partial charge in [0.25, 0.3) is 0 Å². The summed E-state index contributed by atoms with van der Waals surface area (Å²) in [7, 11) is 1.68. The maximum atomic E-state index is 5.88. The van der Waals surface area contributed by atoms with E-state index in [9.17, 15) is 0 Å². The Labute approximate surface area is 130 Å². The second-order valence-electron chi connectivity index (χ2n) is 4.23. The zero-order chi connectivity index (χ0) is 13.9. The third-order valence-electron chi connectivity index (χ3n) is 2.85. The van der Waals surface area contributed by atoms with Crippen molar-refractivity contribution in [2.75, 3.05) is 7.11 Å². The molecule has 3 rings (SSSR count). The standard InChI is InChI=1S/C15H12ClNOS2/c1-18-12-6-7-13-14(8-12)20-15(17-13)19-9-10-2-4-11(16)5-3-10/h2-8H,9H2,1H3. The number of halogens is 1. The molecule has 102 valence electrons. The lowest BCUT2D eigenvalue weighted by molar-refractivity contribution is 0.415. The first-order chi connectivity index (χ1) is 9.74. The van der Waals surface area contributed by atoms with Crippen molar-refractivity contribution in [3.8, 4) is 5.75 Å². The van der Waals surface area contributed by atoms with Crippen LogP contribution in [-0.4, -0.2) is 12.1 Å². The number of ether oxygens (including phenoxy) is 1. The Morgan fingerprint density at radius 3 is 2.75 bits per heavy atom. The number of aromatic nitrogens is 1. The second-order valence-corrected chi connectivity index (χ2v) is 6.92. The summed E-state index contributed by atoms with van der Waals surface area (Å²) in [6.45, 7) is 0. The van der Waals surface area contributed by atoms with Crippen molar-refractivity contribution in [2.24, 2.45) is 0 Å². The van der Waals surface area contributed by atoms with E-state index in [1.54, 1.807) is 30.2 Å². The molecule has 0 fully saturated rings. The van der Waals surface area contributed by atoms with Gasteiger partial charge in [0.2, 0.25) is 0 Å². The molecule has 0 aliphatic rings. The van der Waals surface area contributed by atoms with Crippen molar-refractivity contribution in [3.63, 3.8) is 0 Å². The third kappa shape index (κ3) is 3.08. The predicted molar refractivity (Wildman–Crippen MR) is 87.2 cm³/mol. The van der Waals surface area contributed by atoms with Crippen molar-refractivity contribution in [1.29, 1.82) is 0 Å². The average molecular weight is 322 g/mol. The molecule has 0 N–H and O–H groups in total. The lowest BCUT2D eigenvalue weighted by Crippen LogP contribution is -1.80. The highest BCUT2D eigenvalue weighted by Crippen LogP contribution is 2.33. The zero-order valence-corrected chi connectivity index (χ0v) is 13.2.